The van der Waals surface area contributed by atoms with E-state index in [0.29, 0.717) is 17.1 Å². The van der Waals surface area contributed by atoms with Crippen LogP contribution in [0.3, 0.4) is 0 Å². The molecule has 2 aliphatic heterocycles. The molecular formula is C26H30F2N8. The molecule has 188 valence electrons. The lowest BCUT2D eigenvalue weighted by Gasteiger charge is -2.32. The number of anilines is 3. The number of likely N-dealkylation sites (N-methyl/N-ethyl adjacent to an activating group) is 1. The van der Waals surface area contributed by atoms with Crippen molar-refractivity contribution in [1.82, 2.24) is 24.8 Å². The summed E-state index contributed by atoms with van der Waals surface area (Å²) in [6.07, 6.45) is 4.93. The van der Waals surface area contributed by atoms with Crippen LogP contribution in [0.5, 0.6) is 0 Å². The van der Waals surface area contributed by atoms with Crippen LogP contribution in [0.2, 0.25) is 0 Å². The van der Waals surface area contributed by atoms with Crippen molar-refractivity contribution in [2.45, 2.75) is 19.4 Å². The molecule has 4 heterocycles. The average Bonchev–Trinajstić information content (AvgIpc) is 3.42. The van der Waals surface area contributed by atoms with Gasteiger partial charge in [0, 0.05) is 57.6 Å². The molecule has 10 heteroatoms. The predicted octanol–water partition coefficient (Wildman–Crippen LogP) is 4.24. The Kier molecular flexibility index (Phi) is 7.15. The van der Waals surface area contributed by atoms with E-state index < -0.39 is 11.6 Å². The quantitative estimate of drug-likeness (QED) is 0.495. The van der Waals surface area contributed by atoms with E-state index in [9.17, 15) is 8.78 Å². The van der Waals surface area contributed by atoms with Crippen LogP contribution >= 0.6 is 0 Å². The molecule has 0 aliphatic carbocycles. The van der Waals surface area contributed by atoms with Crippen molar-refractivity contribution in [3.05, 3.63) is 53.9 Å². The molecule has 2 aliphatic rings. The lowest BCUT2D eigenvalue weighted by Crippen LogP contribution is -2.43. The maximum atomic E-state index is 14.9. The molecule has 1 aromatic carbocycles. The third-order valence-electron chi connectivity index (χ3n) is 6.73. The number of aliphatic imine (C=N–C) groups is 1. The smallest absolute Gasteiger partial charge is 0.229 e. The van der Waals surface area contributed by atoms with Crippen LogP contribution in [-0.4, -0.2) is 77.8 Å². The number of rotatable bonds is 7. The zero-order valence-corrected chi connectivity index (χ0v) is 20.4. The first-order chi connectivity index (χ1) is 17.5. The molecule has 5 rings (SSSR count). The normalized spacial score (nSPS) is 16.9. The van der Waals surface area contributed by atoms with Crippen molar-refractivity contribution in [3.63, 3.8) is 0 Å². The SMILES string of the molecule is C=Nc1c(F)cc(-c2nc(Nc3ccc(CN4CCN(C)CC4)cn3)ncc2F)cc1N1CCCC1. The second-order valence-electron chi connectivity index (χ2n) is 9.32. The van der Waals surface area contributed by atoms with E-state index in [1.807, 2.05) is 23.2 Å². The topological polar surface area (TPSA) is 72.8 Å². The molecule has 0 atom stereocenters. The fourth-order valence-corrected chi connectivity index (χ4v) is 4.68. The minimum absolute atomic E-state index is 0.00847. The van der Waals surface area contributed by atoms with Crippen LogP contribution in [0.25, 0.3) is 11.3 Å². The summed E-state index contributed by atoms with van der Waals surface area (Å²) in [5.41, 5.74) is 2.22. The molecule has 0 unspecified atom stereocenters. The van der Waals surface area contributed by atoms with Gasteiger partial charge < -0.3 is 15.1 Å². The Morgan fingerprint density at radius 1 is 0.972 bits per heavy atom. The Bertz CT molecular complexity index is 1220. The molecule has 0 bridgehead atoms. The summed E-state index contributed by atoms with van der Waals surface area (Å²) in [6, 6.07) is 6.83. The van der Waals surface area contributed by atoms with Crippen LogP contribution in [0.4, 0.5) is 31.9 Å². The Morgan fingerprint density at radius 2 is 1.75 bits per heavy atom. The van der Waals surface area contributed by atoms with Gasteiger partial charge in [-0.2, -0.15) is 0 Å². The fourth-order valence-electron chi connectivity index (χ4n) is 4.68. The molecule has 1 N–H and O–H groups in total. The molecule has 2 aromatic heterocycles. The number of pyridine rings is 1. The van der Waals surface area contributed by atoms with Crippen LogP contribution in [0.15, 0.2) is 41.7 Å². The summed E-state index contributed by atoms with van der Waals surface area (Å²) >= 11 is 0. The van der Waals surface area contributed by atoms with E-state index in [1.165, 1.54) is 6.07 Å². The monoisotopic (exact) mass is 492 g/mol. The molecule has 0 amide bonds. The molecule has 3 aromatic rings. The van der Waals surface area contributed by atoms with E-state index >= 15 is 0 Å². The highest BCUT2D eigenvalue weighted by atomic mass is 19.1. The van der Waals surface area contributed by atoms with Gasteiger partial charge in [-0.05, 0) is 50.4 Å². The minimum Gasteiger partial charge on any atom is -0.370 e. The zero-order valence-electron chi connectivity index (χ0n) is 20.4. The number of piperazine rings is 1. The van der Waals surface area contributed by atoms with Gasteiger partial charge in [-0.25, -0.2) is 23.7 Å². The molecule has 8 nitrogen and oxygen atoms in total. The van der Waals surface area contributed by atoms with E-state index in [-0.39, 0.29) is 17.3 Å². The molecule has 0 radical (unpaired) electrons. The minimum atomic E-state index is -0.637. The molecule has 2 fully saturated rings. The van der Waals surface area contributed by atoms with Crippen LogP contribution < -0.4 is 10.2 Å². The molecule has 0 spiro atoms. The highest BCUT2D eigenvalue weighted by Gasteiger charge is 2.21. The van der Waals surface area contributed by atoms with Crippen LogP contribution in [-0.2, 0) is 6.54 Å². The Morgan fingerprint density at radius 3 is 2.44 bits per heavy atom. The lowest BCUT2D eigenvalue weighted by atomic mass is 10.1. The van der Waals surface area contributed by atoms with Crippen molar-refractivity contribution in [3.8, 4) is 11.3 Å². The van der Waals surface area contributed by atoms with Crippen molar-refractivity contribution in [2.75, 3.05) is 56.5 Å². The summed E-state index contributed by atoms with van der Waals surface area (Å²) in [5.74, 6) is -0.471. The fraction of sp³-hybridized carbons (Fsp3) is 0.385. The van der Waals surface area contributed by atoms with Gasteiger partial charge in [-0.3, -0.25) is 9.89 Å². The van der Waals surface area contributed by atoms with Gasteiger partial charge in [0.25, 0.3) is 0 Å². The Balaban J connectivity index is 1.34. The standard InChI is InChI=1S/C26H30F2N8/c1-29-25-20(27)13-19(14-22(25)36-7-3-4-8-36)24-21(28)16-31-26(33-24)32-23-6-5-18(15-30-23)17-35-11-9-34(2)10-12-35/h5-6,13-16H,1,3-4,7-12,17H2,2H3,(H,30,31,32,33). The van der Waals surface area contributed by atoms with Crippen LogP contribution in [0.1, 0.15) is 18.4 Å². The predicted molar refractivity (Wildman–Crippen MR) is 138 cm³/mol. The van der Waals surface area contributed by atoms with Crippen LogP contribution in [0, 0.1) is 11.6 Å². The Labute approximate surface area is 209 Å². The van der Waals surface area contributed by atoms with E-state index in [0.717, 1.165) is 70.4 Å². The highest BCUT2D eigenvalue weighted by molar-refractivity contribution is 5.77. The Hall–Kier alpha value is -3.50. The first kappa shape index (κ1) is 24.2. The second kappa shape index (κ2) is 10.6. The highest BCUT2D eigenvalue weighted by Crippen LogP contribution is 2.38. The summed E-state index contributed by atoms with van der Waals surface area (Å²) in [5, 5.41) is 3.03. The van der Waals surface area contributed by atoms with Gasteiger partial charge in [0.15, 0.2) is 11.6 Å². The van der Waals surface area contributed by atoms with Crippen molar-refractivity contribution < 1.29 is 8.78 Å². The summed E-state index contributed by atoms with van der Waals surface area (Å²) in [6.45, 7) is 10.1. The summed E-state index contributed by atoms with van der Waals surface area (Å²) in [4.78, 5) is 23.5. The van der Waals surface area contributed by atoms with Gasteiger partial charge in [-0.15, -0.1) is 0 Å². The van der Waals surface area contributed by atoms with Gasteiger partial charge in [0.05, 0.1) is 11.9 Å². The molecule has 0 saturated carbocycles. The number of hydrogen-bond acceptors (Lipinski definition) is 8. The first-order valence-corrected chi connectivity index (χ1v) is 12.2. The largest absolute Gasteiger partial charge is 0.370 e. The van der Waals surface area contributed by atoms with Crippen molar-refractivity contribution >= 4 is 29.9 Å². The van der Waals surface area contributed by atoms with E-state index in [4.69, 9.17) is 0 Å². The number of aromatic nitrogens is 3. The second-order valence-corrected chi connectivity index (χ2v) is 9.32. The third-order valence-corrected chi connectivity index (χ3v) is 6.73. The van der Waals surface area contributed by atoms with Crippen molar-refractivity contribution in [2.24, 2.45) is 4.99 Å². The van der Waals surface area contributed by atoms with Gasteiger partial charge in [0.2, 0.25) is 5.95 Å². The van der Waals surface area contributed by atoms with Gasteiger partial charge in [-0.1, -0.05) is 6.07 Å². The first-order valence-electron chi connectivity index (χ1n) is 12.2. The van der Waals surface area contributed by atoms with Gasteiger partial charge >= 0.3 is 0 Å². The van der Waals surface area contributed by atoms with Gasteiger partial charge in [0.1, 0.15) is 17.2 Å². The molecule has 36 heavy (non-hydrogen) atoms. The number of benzene rings is 1. The number of nitrogens with one attached hydrogen (secondary N) is 1. The zero-order chi connectivity index (χ0) is 25.1. The summed E-state index contributed by atoms with van der Waals surface area (Å²) in [7, 11) is 2.14. The maximum Gasteiger partial charge on any atom is 0.229 e. The number of nitrogens with zero attached hydrogens (tertiary/aromatic N) is 7. The molecular weight excluding hydrogens is 462 g/mol. The summed E-state index contributed by atoms with van der Waals surface area (Å²) < 4.78 is 29.7. The number of halogens is 2. The average molecular weight is 493 g/mol. The number of hydrogen-bond donors (Lipinski definition) is 1. The van der Waals surface area contributed by atoms with E-state index in [2.05, 4.69) is 48.8 Å². The molecule has 2 saturated heterocycles. The maximum absolute atomic E-state index is 14.9. The lowest BCUT2D eigenvalue weighted by molar-refractivity contribution is 0.148. The van der Waals surface area contributed by atoms with E-state index in [1.54, 1.807) is 6.07 Å². The van der Waals surface area contributed by atoms with Crippen molar-refractivity contribution in [1.29, 1.82) is 0 Å². The third kappa shape index (κ3) is 5.34.